The second-order valence-corrected chi connectivity index (χ2v) is 19.7. The standard InChI is InChI=1S/2C25H54N.CH2O3/c2*1-5-6-7-8-9-10-11-12-13-14-15-16-17-18-19-20-21-22-23-24-25-26(2,3)4;2-1(3)4/h2*5-25H2,1-4H3;(H2,2,3,4)/q2*+1;/p-2. The van der Waals surface area contributed by atoms with Gasteiger partial charge in [0.25, 0.3) is 0 Å². The van der Waals surface area contributed by atoms with Crippen LogP contribution < -0.4 is 10.2 Å². The molecule has 0 rings (SSSR count). The highest BCUT2D eigenvalue weighted by molar-refractivity contribution is 5.47. The quantitative estimate of drug-likeness (QED) is 0.0456. The number of carbonyl (C=O) groups excluding carboxylic acids is 1. The zero-order valence-electron chi connectivity index (χ0n) is 40.3. The van der Waals surface area contributed by atoms with Crippen molar-refractivity contribution in [2.45, 2.75) is 271 Å². The Morgan fingerprint density at radius 2 is 0.375 bits per heavy atom. The lowest BCUT2D eigenvalue weighted by Gasteiger charge is -2.23. The van der Waals surface area contributed by atoms with Gasteiger partial charge in [-0.3, -0.25) is 0 Å². The molecule has 0 bridgehead atoms. The molecule has 0 unspecified atom stereocenters. The minimum atomic E-state index is -2.33. The van der Waals surface area contributed by atoms with Crippen molar-refractivity contribution in [2.75, 3.05) is 55.4 Å². The van der Waals surface area contributed by atoms with E-state index in [4.69, 9.17) is 15.0 Å². The molecule has 0 atom stereocenters. The zero-order chi connectivity index (χ0) is 42.3. The van der Waals surface area contributed by atoms with E-state index in [1.54, 1.807) is 0 Å². The van der Waals surface area contributed by atoms with Crippen LogP contribution in [0.25, 0.3) is 0 Å². The van der Waals surface area contributed by atoms with Crippen molar-refractivity contribution in [2.24, 2.45) is 0 Å². The summed E-state index contributed by atoms with van der Waals surface area (Å²) in [6.45, 7) is 7.27. The van der Waals surface area contributed by atoms with E-state index in [1.165, 1.54) is 270 Å². The van der Waals surface area contributed by atoms with Crippen LogP contribution in [0, 0.1) is 0 Å². The van der Waals surface area contributed by atoms with E-state index in [2.05, 4.69) is 56.1 Å². The summed E-state index contributed by atoms with van der Waals surface area (Å²) in [4.78, 5) is 8.33. The van der Waals surface area contributed by atoms with Gasteiger partial charge in [0, 0.05) is 0 Å². The Labute approximate surface area is 355 Å². The molecule has 5 nitrogen and oxygen atoms in total. The summed E-state index contributed by atoms with van der Waals surface area (Å²) in [5.41, 5.74) is 0. The predicted molar refractivity (Wildman–Crippen MR) is 247 cm³/mol. The summed E-state index contributed by atoms with van der Waals surface area (Å²) >= 11 is 0. The van der Waals surface area contributed by atoms with Gasteiger partial charge in [-0.05, 0) is 31.8 Å². The Morgan fingerprint density at radius 3 is 0.482 bits per heavy atom. The van der Waals surface area contributed by atoms with Crippen LogP contribution in [-0.4, -0.2) is 70.5 Å². The number of quaternary nitrogens is 2. The van der Waals surface area contributed by atoms with Gasteiger partial charge < -0.3 is 24.0 Å². The Hall–Kier alpha value is -0.810. The first kappa shape index (κ1) is 59.5. The van der Waals surface area contributed by atoms with E-state index < -0.39 is 6.16 Å². The molecule has 0 aliphatic heterocycles. The van der Waals surface area contributed by atoms with Gasteiger partial charge in [-0.2, -0.15) is 0 Å². The van der Waals surface area contributed by atoms with Crippen molar-refractivity contribution in [1.82, 2.24) is 0 Å². The summed E-state index contributed by atoms with van der Waals surface area (Å²) in [5, 5.41) is 16.7. The van der Waals surface area contributed by atoms with Crippen LogP contribution in [0.3, 0.4) is 0 Å². The second-order valence-electron chi connectivity index (χ2n) is 19.7. The van der Waals surface area contributed by atoms with E-state index in [1.807, 2.05) is 0 Å². The van der Waals surface area contributed by atoms with Crippen molar-refractivity contribution >= 4 is 6.16 Å². The van der Waals surface area contributed by atoms with E-state index in [0.29, 0.717) is 0 Å². The molecular weight excluding hydrogens is 689 g/mol. The van der Waals surface area contributed by atoms with Gasteiger partial charge in [-0.15, -0.1) is 0 Å². The lowest BCUT2D eigenvalue weighted by molar-refractivity contribution is -0.870. The zero-order valence-corrected chi connectivity index (χ0v) is 40.3. The molecule has 0 N–H and O–H groups in total. The highest BCUT2D eigenvalue weighted by Crippen LogP contribution is 2.17. The van der Waals surface area contributed by atoms with Crippen LogP contribution >= 0.6 is 0 Å². The molecule has 0 saturated carbocycles. The highest BCUT2D eigenvalue weighted by atomic mass is 16.6. The summed E-state index contributed by atoms with van der Waals surface area (Å²) in [7, 11) is 13.8. The minimum Gasteiger partial charge on any atom is -0.652 e. The van der Waals surface area contributed by atoms with Crippen LogP contribution in [-0.2, 0) is 0 Å². The van der Waals surface area contributed by atoms with Crippen LogP contribution in [0.2, 0.25) is 0 Å². The van der Waals surface area contributed by atoms with Crippen LogP contribution in [0.1, 0.15) is 271 Å². The summed E-state index contributed by atoms with van der Waals surface area (Å²) in [6.07, 6.45) is 56.3. The first-order valence-electron chi connectivity index (χ1n) is 25.3. The third-order valence-electron chi connectivity index (χ3n) is 11.4. The number of nitrogens with zero attached hydrogens (tertiary/aromatic N) is 2. The van der Waals surface area contributed by atoms with Gasteiger partial charge in [0.2, 0.25) is 0 Å². The van der Waals surface area contributed by atoms with Crippen molar-refractivity contribution in [3.8, 4) is 0 Å². The number of hydrogen-bond acceptors (Lipinski definition) is 3. The maximum atomic E-state index is 8.33. The monoisotopic (exact) mass is 797 g/mol. The molecule has 0 heterocycles. The fraction of sp³-hybridized carbons (Fsp3) is 0.980. The van der Waals surface area contributed by atoms with Crippen LogP contribution in [0.5, 0.6) is 0 Å². The third kappa shape index (κ3) is 70.9. The SMILES string of the molecule is CCCCCCCCCCCCCCCCCCCCCC[N+](C)(C)C.CCCCCCCCCCCCCCCCCCCCCC[N+](C)(C)C.O=C([O-])[O-]. The van der Waals surface area contributed by atoms with Crippen LogP contribution in [0.15, 0.2) is 0 Å². The van der Waals surface area contributed by atoms with E-state index in [9.17, 15) is 0 Å². The maximum Gasteiger partial charge on any atom is 0.0780 e. The van der Waals surface area contributed by atoms with E-state index in [0.717, 1.165) is 8.97 Å². The summed E-state index contributed by atoms with van der Waals surface area (Å²) in [5.74, 6) is 0. The molecule has 0 aromatic rings. The Morgan fingerprint density at radius 1 is 0.268 bits per heavy atom. The smallest absolute Gasteiger partial charge is 0.0780 e. The van der Waals surface area contributed by atoms with Crippen molar-refractivity contribution < 1.29 is 24.0 Å². The molecule has 0 amide bonds. The number of hydrogen-bond donors (Lipinski definition) is 0. The molecule has 0 aliphatic rings. The number of carboxylic acid groups (broad SMARTS) is 2. The summed E-state index contributed by atoms with van der Waals surface area (Å²) < 4.78 is 2.25. The molecule has 340 valence electrons. The lowest BCUT2D eigenvalue weighted by atomic mass is 10.0. The first-order valence-corrected chi connectivity index (χ1v) is 25.3. The highest BCUT2D eigenvalue weighted by Gasteiger charge is 2.06. The Balaban J connectivity index is -0.000000914. The van der Waals surface area contributed by atoms with Crippen molar-refractivity contribution in [1.29, 1.82) is 0 Å². The lowest BCUT2D eigenvalue weighted by Crippen LogP contribution is -2.37. The van der Waals surface area contributed by atoms with Crippen LogP contribution in [0.4, 0.5) is 4.79 Å². The molecule has 0 aliphatic carbocycles. The Bertz CT molecular complexity index is 657. The minimum absolute atomic E-state index is 1.12. The average Bonchev–Trinajstić information content (AvgIpc) is 3.12. The molecule has 0 fully saturated rings. The molecule has 0 aromatic heterocycles. The largest absolute Gasteiger partial charge is 0.652 e. The fourth-order valence-corrected chi connectivity index (χ4v) is 7.68. The first-order chi connectivity index (χ1) is 26.9. The van der Waals surface area contributed by atoms with Gasteiger partial charge in [-0.1, -0.05) is 245 Å². The molecule has 5 heteroatoms. The number of unbranched alkanes of at least 4 members (excludes halogenated alkanes) is 38. The molecular formula is C51H108N2O3. The number of carbonyl (C=O) groups is 1. The summed E-state index contributed by atoms with van der Waals surface area (Å²) in [6, 6.07) is 0. The number of rotatable bonds is 42. The maximum absolute atomic E-state index is 8.33. The van der Waals surface area contributed by atoms with Gasteiger partial charge in [-0.25, -0.2) is 0 Å². The van der Waals surface area contributed by atoms with Gasteiger partial charge in [0.1, 0.15) is 0 Å². The topological polar surface area (TPSA) is 63.2 Å². The third-order valence-corrected chi connectivity index (χ3v) is 11.4. The Kier molecular flexibility index (Phi) is 51.6. The molecule has 0 aromatic carbocycles. The average molecular weight is 797 g/mol. The normalized spacial score (nSPS) is 11.6. The second kappa shape index (κ2) is 48.6. The van der Waals surface area contributed by atoms with Gasteiger partial charge in [0.05, 0.1) is 55.4 Å². The molecule has 56 heavy (non-hydrogen) atoms. The van der Waals surface area contributed by atoms with Crippen molar-refractivity contribution in [3.63, 3.8) is 0 Å². The molecule has 0 radical (unpaired) electrons. The van der Waals surface area contributed by atoms with E-state index >= 15 is 0 Å². The van der Waals surface area contributed by atoms with Gasteiger partial charge >= 0.3 is 0 Å². The fourth-order valence-electron chi connectivity index (χ4n) is 7.68. The predicted octanol–water partition coefficient (Wildman–Crippen LogP) is 14.6. The molecule has 0 saturated heterocycles. The molecule has 0 spiro atoms. The van der Waals surface area contributed by atoms with Gasteiger partial charge in [0.15, 0.2) is 0 Å². The van der Waals surface area contributed by atoms with Crippen molar-refractivity contribution in [3.05, 3.63) is 0 Å². The van der Waals surface area contributed by atoms with E-state index in [-0.39, 0.29) is 0 Å².